The van der Waals surface area contributed by atoms with Crippen molar-refractivity contribution in [2.45, 2.75) is 62.9 Å². The number of carbonyl (C=O) groups excluding carboxylic acids is 1. The zero-order valence-electron chi connectivity index (χ0n) is 20.2. The number of anilines is 1. The third kappa shape index (κ3) is 5.74. The number of benzene rings is 1. The molecule has 35 heavy (non-hydrogen) atoms. The van der Waals surface area contributed by atoms with E-state index in [4.69, 9.17) is 0 Å². The number of aromatic nitrogens is 2. The molecule has 1 aliphatic carbocycles. The molecule has 0 radical (unpaired) electrons. The summed E-state index contributed by atoms with van der Waals surface area (Å²) in [5, 5.41) is 0.585. The van der Waals surface area contributed by atoms with Crippen LogP contribution in [0.2, 0.25) is 0 Å². The largest absolute Gasteiger partial charge is 0.329 e. The Morgan fingerprint density at radius 3 is 2.37 bits per heavy atom. The number of ketones is 1. The zero-order valence-corrected chi connectivity index (χ0v) is 21.8. The van der Waals surface area contributed by atoms with Crippen LogP contribution in [0.25, 0.3) is 11.0 Å². The van der Waals surface area contributed by atoms with Gasteiger partial charge in [-0.15, -0.1) is 0 Å². The molecule has 188 valence electrons. The van der Waals surface area contributed by atoms with Crippen LogP contribution < -0.4 is 9.44 Å². The average molecular weight is 519 g/mol. The van der Waals surface area contributed by atoms with E-state index in [0.717, 1.165) is 31.9 Å². The van der Waals surface area contributed by atoms with Crippen molar-refractivity contribution in [2.75, 3.05) is 11.0 Å². The summed E-state index contributed by atoms with van der Waals surface area (Å²) in [5.41, 5.74) is 0.484. The molecule has 9 nitrogen and oxygen atoms in total. The van der Waals surface area contributed by atoms with Crippen molar-refractivity contribution >= 4 is 42.7 Å². The van der Waals surface area contributed by atoms with Gasteiger partial charge in [0.1, 0.15) is 11.5 Å². The highest BCUT2D eigenvalue weighted by Gasteiger charge is 2.26. The first-order valence-electron chi connectivity index (χ1n) is 11.4. The van der Waals surface area contributed by atoms with Gasteiger partial charge in [-0.2, -0.15) is 0 Å². The van der Waals surface area contributed by atoms with E-state index < -0.39 is 25.6 Å². The Bertz CT molecular complexity index is 1500. The number of sulfonamides is 2. The van der Waals surface area contributed by atoms with Gasteiger partial charge in [-0.25, -0.2) is 26.5 Å². The molecule has 0 atom stereocenters. The lowest BCUT2D eigenvalue weighted by molar-refractivity contribution is 0.103. The van der Waals surface area contributed by atoms with Crippen molar-refractivity contribution < 1.29 is 21.6 Å². The molecular formula is C24H30N4O5S2. The molecule has 1 fully saturated rings. The van der Waals surface area contributed by atoms with Gasteiger partial charge in [-0.1, -0.05) is 25.0 Å². The van der Waals surface area contributed by atoms with Gasteiger partial charge in [0.15, 0.2) is 5.78 Å². The summed E-state index contributed by atoms with van der Waals surface area (Å²) >= 11 is 0. The molecule has 0 unspecified atom stereocenters. The Labute approximate surface area is 206 Å². The van der Waals surface area contributed by atoms with Crippen molar-refractivity contribution in [3.63, 3.8) is 0 Å². The molecule has 11 heteroatoms. The van der Waals surface area contributed by atoms with Crippen LogP contribution in [-0.2, 0) is 20.0 Å². The van der Waals surface area contributed by atoms with Gasteiger partial charge < -0.3 is 4.57 Å². The minimum Gasteiger partial charge on any atom is -0.329 e. The van der Waals surface area contributed by atoms with E-state index in [2.05, 4.69) is 14.4 Å². The minimum absolute atomic E-state index is 0.00979. The van der Waals surface area contributed by atoms with Crippen LogP contribution in [0.3, 0.4) is 0 Å². The highest BCUT2D eigenvalue weighted by Crippen LogP contribution is 2.35. The van der Waals surface area contributed by atoms with E-state index in [1.165, 1.54) is 18.2 Å². The van der Waals surface area contributed by atoms with E-state index in [9.17, 15) is 21.6 Å². The molecule has 0 spiro atoms. The summed E-state index contributed by atoms with van der Waals surface area (Å²) in [6.07, 6.45) is 6.82. The summed E-state index contributed by atoms with van der Waals surface area (Å²) in [5.74, 6) is -0.150. The summed E-state index contributed by atoms with van der Waals surface area (Å²) in [6.45, 7) is 5.24. The van der Waals surface area contributed by atoms with Gasteiger partial charge in [0.25, 0.3) is 0 Å². The maximum Gasteiger partial charge on any atom is 0.241 e. The molecule has 3 aromatic rings. The number of rotatable bonds is 7. The lowest BCUT2D eigenvalue weighted by Crippen LogP contribution is -2.40. The van der Waals surface area contributed by atoms with Gasteiger partial charge in [0.05, 0.1) is 11.2 Å². The molecule has 1 saturated carbocycles. The fourth-order valence-corrected chi connectivity index (χ4v) is 6.39. The second kappa shape index (κ2) is 9.03. The van der Waals surface area contributed by atoms with Crippen LogP contribution >= 0.6 is 0 Å². The Balaban J connectivity index is 1.79. The highest BCUT2D eigenvalue weighted by molar-refractivity contribution is 7.92. The number of pyridine rings is 1. The van der Waals surface area contributed by atoms with Crippen molar-refractivity contribution in [3.05, 3.63) is 53.7 Å². The quantitative estimate of drug-likeness (QED) is 0.458. The van der Waals surface area contributed by atoms with Gasteiger partial charge in [-0.05, 0) is 57.9 Å². The summed E-state index contributed by atoms with van der Waals surface area (Å²) < 4.78 is 56.0. The van der Waals surface area contributed by atoms with E-state index in [-0.39, 0.29) is 28.1 Å². The van der Waals surface area contributed by atoms with Gasteiger partial charge in [0, 0.05) is 34.3 Å². The van der Waals surface area contributed by atoms with Crippen LogP contribution in [0, 0.1) is 0 Å². The van der Waals surface area contributed by atoms with Crippen molar-refractivity contribution in [1.82, 2.24) is 14.3 Å². The molecule has 1 aliphatic rings. The van der Waals surface area contributed by atoms with Crippen LogP contribution in [-0.4, -0.2) is 44.0 Å². The third-order valence-electron chi connectivity index (χ3n) is 5.78. The number of fused-ring (bicyclic) bond motifs is 1. The van der Waals surface area contributed by atoms with Crippen molar-refractivity contribution in [2.24, 2.45) is 0 Å². The summed E-state index contributed by atoms with van der Waals surface area (Å²) in [4.78, 5) is 18.1. The maximum absolute atomic E-state index is 13.6. The first-order valence-corrected chi connectivity index (χ1v) is 14.8. The van der Waals surface area contributed by atoms with E-state index in [0.29, 0.717) is 16.6 Å². The lowest BCUT2D eigenvalue weighted by atomic mass is 10.0. The van der Waals surface area contributed by atoms with Gasteiger partial charge in [-0.3, -0.25) is 9.52 Å². The van der Waals surface area contributed by atoms with Gasteiger partial charge >= 0.3 is 0 Å². The van der Waals surface area contributed by atoms with E-state index in [1.54, 1.807) is 45.2 Å². The molecule has 2 N–H and O–H groups in total. The highest BCUT2D eigenvalue weighted by atomic mass is 32.2. The van der Waals surface area contributed by atoms with Gasteiger partial charge in [0.2, 0.25) is 20.0 Å². The predicted molar refractivity (Wildman–Crippen MR) is 136 cm³/mol. The number of hydrogen-bond donors (Lipinski definition) is 2. The number of hydrogen-bond acceptors (Lipinski definition) is 6. The van der Waals surface area contributed by atoms with Crippen LogP contribution in [0.1, 0.15) is 68.4 Å². The normalized spacial score (nSPS) is 15.5. The molecule has 0 aliphatic heterocycles. The second-order valence-corrected chi connectivity index (χ2v) is 13.5. The molecular weight excluding hydrogens is 488 g/mol. The second-order valence-electron chi connectivity index (χ2n) is 10.0. The van der Waals surface area contributed by atoms with Crippen LogP contribution in [0.4, 0.5) is 5.82 Å². The molecule has 0 saturated heterocycles. The Morgan fingerprint density at radius 2 is 1.74 bits per heavy atom. The van der Waals surface area contributed by atoms with Crippen LogP contribution in [0.15, 0.2) is 47.5 Å². The number of carbonyl (C=O) groups is 1. The zero-order chi connectivity index (χ0) is 25.6. The predicted octanol–water partition coefficient (Wildman–Crippen LogP) is 3.83. The van der Waals surface area contributed by atoms with E-state index >= 15 is 0 Å². The van der Waals surface area contributed by atoms with E-state index in [1.807, 2.05) is 4.57 Å². The average Bonchev–Trinajstić information content (AvgIpc) is 3.38. The molecule has 0 amide bonds. The SMILES string of the molecule is CC(C)(C)NS(=O)(=O)c1cccc(C(=O)c2cn(C3CCCC3)c3nc(NS(C)(=O)=O)ccc23)c1. The topological polar surface area (TPSA) is 127 Å². The standard InChI is InChI=1S/C24H30N4O5S2/c1-24(2,3)27-35(32,33)18-11-7-8-16(14-18)22(29)20-15-28(17-9-5-6-10-17)23-19(20)12-13-21(25-23)26-34(4,30)31/h7-8,11-15,17,27H,5-6,9-10H2,1-4H3,(H,25,26). The summed E-state index contributed by atoms with van der Waals surface area (Å²) in [7, 11) is -7.33. The Kier molecular flexibility index (Phi) is 6.54. The Morgan fingerprint density at radius 1 is 1.06 bits per heavy atom. The maximum atomic E-state index is 13.6. The first-order chi connectivity index (χ1) is 16.2. The molecule has 4 rings (SSSR count). The number of nitrogens with one attached hydrogen (secondary N) is 2. The third-order valence-corrected chi connectivity index (χ3v) is 8.11. The minimum atomic E-state index is -3.81. The molecule has 0 bridgehead atoms. The molecule has 2 aromatic heterocycles. The van der Waals surface area contributed by atoms with Crippen molar-refractivity contribution in [3.8, 4) is 0 Å². The fraction of sp³-hybridized carbons (Fsp3) is 0.417. The number of nitrogens with zero attached hydrogens (tertiary/aromatic N) is 2. The first kappa shape index (κ1) is 25.3. The molecule has 1 aromatic carbocycles. The Hall–Kier alpha value is -2.76. The van der Waals surface area contributed by atoms with Crippen LogP contribution in [0.5, 0.6) is 0 Å². The van der Waals surface area contributed by atoms with Crippen molar-refractivity contribution in [1.29, 1.82) is 0 Å². The fourth-order valence-electron chi connectivity index (χ4n) is 4.44. The monoisotopic (exact) mass is 518 g/mol. The lowest BCUT2D eigenvalue weighted by Gasteiger charge is -2.20. The summed E-state index contributed by atoms with van der Waals surface area (Å²) in [6, 6.07) is 9.32. The smallest absolute Gasteiger partial charge is 0.241 e. The molecule has 2 heterocycles.